The van der Waals surface area contributed by atoms with Crippen LogP contribution in [-0.4, -0.2) is 18.5 Å². The molecule has 1 aromatic carbocycles. The summed E-state index contributed by atoms with van der Waals surface area (Å²) in [5.74, 6) is 0.00964. The largest absolute Gasteiger partial charge is 0.455 e. The van der Waals surface area contributed by atoms with E-state index in [0.717, 1.165) is 12.8 Å². The summed E-state index contributed by atoms with van der Waals surface area (Å²) in [4.78, 5) is 23.8. The Labute approximate surface area is 128 Å². The highest BCUT2D eigenvalue weighted by molar-refractivity contribution is 5.93. The molecule has 2 aliphatic carbocycles. The smallest absolute Gasteiger partial charge is 0.310 e. The molecule has 112 valence electrons. The molecule has 0 saturated heterocycles. The van der Waals surface area contributed by atoms with Crippen molar-refractivity contribution in [2.45, 2.75) is 12.8 Å². The molecular weight excluding hydrogens is 280 g/mol. The normalized spacial score (nSPS) is 24.8. The number of hydrogen-bond acceptors (Lipinski definition) is 4. The number of ether oxygens (including phenoxy) is 1. The third kappa shape index (κ3) is 3.01. The Hall–Kier alpha value is -2.61. The maximum Gasteiger partial charge on any atom is 0.310 e. The molecular formula is C17H16N2O3. The summed E-state index contributed by atoms with van der Waals surface area (Å²) >= 11 is 0. The fraction of sp³-hybridized carbons (Fsp3) is 0.353. The van der Waals surface area contributed by atoms with Crippen LogP contribution >= 0.6 is 0 Å². The van der Waals surface area contributed by atoms with Crippen molar-refractivity contribution in [1.29, 1.82) is 5.26 Å². The number of allylic oxidation sites excluding steroid dienone is 2. The summed E-state index contributed by atoms with van der Waals surface area (Å²) in [6.45, 7) is -0.281. The molecule has 0 spiro atoms. The van der Waals surface area contributed by atoms with E-state index in [1.54, 1.807) is 24.3 Å². The van der Waals surface area contributed by atoms with E-state index in [2.05, 4.69) is 17.5 Å². The molecule has 1 N–H and O–H groups in total. The van der Waals surface area contributed by atoms with Gasteiger partial charge in [-0.05, 0) is 48.9 Å². The molecule has 2 bridgehead atoms. The molecule has 5 heteroatoms. The van der Waals surface area contributed by atoms with Crippen LogP contribution in [-0.2, 0) is 14.3 Å². The van der Waals surface area contributed by atoms with Gasteiger partial charge in [-0.1, -0.05) is 12.2 Å². The van der Waals surface area contributed by atoms with Crippen molar-refractivity contribution < 1.29 is 14.3 Å². The zero-order valence-electron chi connectivity index (χ0n) is 12.0. The van der Waals surface area contributed by atoms with E-state index in [-0.39, 0.29) is 30.3 Å². The lowest BCUT2D eigenvalue weighted by Gasteiger charge is -2.16. The lowest BCUT2D eigenvalue weighted by molar-refractivity contribution is -0.152. The van der Waals surface area contributed by atoms with E-state index in [4.69, 9.17) is 10.00 Å². The Bertz CT molecular complexity index is 657. The molecule has 3 atom stereocenters. The standard InChI is InChI=1S/C17H16N2O3/c18-9-11-2-5-14(6-3-11)19-16(20)10-22-17(21)15-8-12-1-4-13(15)7-12/h1-6,12-13,15H,7-8,10H2,(H,19,20). The number of fused-ring (bicyclic) bond motifs is 2. The van der Waals surface area contributed by atoms with Gasteiger partial charge in [0, 0.05) is 5.69 Å². The van der Waals surface area contributed by atoms with Crippen LogP contribution in [0.2, 0.25) is 0 Å². The maximum atomic E-state index is 12.0. The molecule has 0 heterocycles. The molecule has 5 nitrogen and oxygen atoms in total. The highest BCUT2D eigenvalue weighted by Crippen LogP contribution is 2.43. The highest BCUT2D eigenvalue weighted by Gasteiger charge is 2.40. The van der Waals surface area contributed by atoms with Gasteiger partial charge in [0.15, 0.2) is 6.61 Å². The van der Waals surface area contributed by atoms with E-state index in [0.29, 0.717) is 17.2 Å². The number of rotatable bonds is 4. The number of carbonyl (C=O) groups excluding carboxylic acids is 2. The summed E-state index contributed by atoms with van der Waals surface area (Å²) in [6, 6.07) is 8.51. The Kier molecular flexibility index (Phi) is 3.92. The molecule has 2 aliphatic rings. The van der Waals surface area contributed by atoms with Crippen LogP contribution < -0.4 is 5.32 Å². The fourth-order valence-corrected chi connectivity index (χ4v) is 3.12. The second-order valence-electron chi connectivity index (χ2n) is 5.73. The number of esters is 1. The number of hydrogen-bond donors (Lipinski definition) is 1. The van der Waals surface area contributed by atoms with Crippen molar-refractivity contribution in [3.05, 3.63) is 42.0 Å². The van der Waals surface area contributed by atoms with Crippen molar-refractivity contribution in [1.82, 2.24) is 0 Å². The highest BCUT2D eigenvalue weighted by atomic mass is 16.5. The molecule has 1 amide bonds. The van der Waals surface area contributed by atoms with Gasteiger partial charge in [0.2, 0.25) is 0 Å². The minimum atomic E-state index is -0.378. The Morgan fingerprint density at radius 1 is 1.23 bits per heavy atom. The fourth-order valence-electron chi connectivity index (χ4n) is 3.12. The Morgan fingerprint density at radius 3 is 2.59 bits per heavy atom. The van der Waals surface area contributed by atoms with Gasteiger partial charge in [0.25, 0.3) is 5.91 Å². The monoisotopic (exact) mass is 296 g/mol. The maximum absolute atomic E-state index is 12.0. The zero-order valence-corrected chi connectivity index (χ0v) is 12.0. The molecule has 0 aromatic heterocycles. The number of nitrogens with zero attached hydrogens (tertiary/aromatic N) is 1. The van der Waals surface area contributed by atoms with Crippen LogP contribution in [0.3, 0.4) is 0 Å². The molecule has 1 fully saturated rings. The van der Waals surface area contributed by atoms with Crippen LogP contribution in [0.5, 0.6) is 0 Å². The Balaban J connectivity index is 1.47. The van der Waals surface area contributed by atoms with Gasteiger partial charge in [0.1, 0.15) is 0 Å². The van der Waals surface area contributed by atoms with Gasteiger partial charge >= 0.3 is 5.97 Å². The summed E-state index contributed by atoms with van der Waals surface area (Å²) in [6.07, 6.45) is 6.09. The number of anilines is 1. The summed E-state index contributed by atoms with van der Waals surface area (Å²) in [5, 5.41) is 11.3. The average Bonchev–Trinajstić information content (AvgIpc) is 3.16. The topological polar surface area (TPSA) is 79.2 Å². The third-order valence-electron chi connectivity index (χ3n) is 4.22. The van der Waals surface area contributed by atoms with Crippen LogP contribution in [0, 0.1) is 29.1 Å². The number of benzene rings is 1. The molecule has 1 saturated carbocycles. The number of carbonyl (C=O) groups is 2. The first kappa shape index (κ1) is 14.3. The van der Waals surface area contributed by atoms with E-state index >= 15 is 0 Å². The van der Waals surface area contributed by atoms with E-state index in [1.807, 2.05) is 6.07 Å². The van der Waals surface area contributed by atoms with Gasteiger partial charge in [-0.25, -0.2) is 0 Å². The van der Waals surface area contributed by atoms with Gasteiger partial charge in [-0.3, -0.25) is 9.59 Å². The van der Waals surface area contributed by atoms with E-state index in [9.17, 15) is 9.59 Å². The quantitative estimate of drug-likeness (QED) is 0.682. The van der Waals surface area contributed by atoms with Crippen molar-refractivity contribution >= 4 is 17.6 Å². The van der Waals surface area contributed by atoms with Crippen LogP contribution in [0.25, 0.3) is 0 Å². The minimum Gasteiger partial charge on any atom is -0.455 e. The predicted octanol–water partition coefficient (Wildman–Crippen LogP) is 2.25. The molecule has 3 unspecified atom stereocenters. The first-order chi connectivity index (χ1) is 10.7. The van der Waals surface area contributed by atoms with E-state index in [1.165, 1.54) is 0 Å². The SMILES string of the molecule is N#Cc1ccc(NC(=O)COC(=O)C2CC3C=CC2C3)cc1. The lowest BCUT2D eigenvalue weighted by atomic mass is 9.94. The second kappa shape index (κ2) is 6.02. The van der Waals surface area contributed by atoms with Gasteiger partial charge in [-0.15, -0.1) is 0 Å². The molecule has 22 heavy (non-hydrogen) atoms. The number of nitrogens with one attached hydrogen (secondary N) is 1. The first-order valence-corrected chi connectivity index (χ1v) is 7.30. The molecule has 0 radical (unpaired) electrons. The second-order valence-corrected chi connectivity index (χ2v) is 5.73. The van der Waals surface area contributed by atoms with Gasteiger partial charge < -0.3 is 10.1 Å². The van der Waals surface area contributed by atoms with Crippen LogP contribution in [0.15, 0.2) is 36.4 Å². The van der Waals surface area contributed by atoms with Gasteiger partial charge in [-0.2, -0.15) is 5.26 Å². The summed E-state index contributed by atoms with van der Waals surface area (Å²) in [7, 11) is 0. The summed E-state index contributed by atoms with van der Waals surface area (Å²) < 4.78 is 5.12. The van der Waals surface area contributed by atoms with Crippen molar-refractivity contribution in [2.75, 3.05) is 11.9 Å². The first-order valence-electron chi connectivity index (χ1n) is 7.30. The van der Waals surface area contributed by atoms with E-state index < -0.39 is 0 Å². The van der Waals surface area contributed by atoms with Crippen LogP contribution in [0.4, 0.5) is 5.69 Å². The van der Waals surface area contributed by atoms with Gasteiger partial charge in [0.05, 0.1) is 17.6 Å². The van der Waals surface area contributed by atoms with Crippen molar-refractivity contribution in [2.24, 2.45) is 17.8 Å². The third-order valence-corrected chi connectivity index (χ3v) is 4.22. The average molecular weight is 296 g/mol. The Morgan fingerprint density at radius 2 is 2.00 bits per heavy atom. The zero-order chi connectivity index (χ0) is 15.5. The molecule has 1 aromatic rings. The number of nitriles is 1. The van der Waals surface area contributed by atoms with Crippen molar-refractivity contribution in [3.8, 4) is 6.07 Å². The molecule has 0 aliphatic heterocycles. The summed E-state index contributed by atoms with van der Waals surface area (Å²) in [5.41, 5.74) is 1.09. The minimum absolute atomic E-state index is 0.0993. The predicted molar refractivity (Wildman–Crippen MR) is 79.6 cm³/mol. The lowest BCUT2D eigenvalue weighted by Crippen LogP contribution is -2.26. The number of amides is 1. The molecule has 3 rings (SSSR count). The van der Waals surface area contributed by atoms with Crippen molar-refractivity contribution in [3.63, 3.8) is 0 Å². The van der Waals surface area contributed by atoms with Crippen LogP contribution in [0.1, 0.15) is 18.4 Å².